The number of aryl methyl sites for hydroxylation is 1. The second-order valence-corrected chi connectivity index (χ2v) is 5.76. The van der Waals surface area contributed by atoms with Gasteiger partial charge in [-0.15, -0.1) is 0 Å². The molecule has 2 aromatic carbocycles. The number of anilines is 2. The molecule has 0 aliphatic heterocycles. The third kappa shape index (κ3) is 4.33. The molecule has 0 saturated heterocycles. The minimum Gasteiger partial charge on any atom is -0.376 e. The molecule has 0 radical (unpaired) electrons. The Morgan fingerprint density at radius 3 is 2.62 bits per heavy atom. The predicted molar refractivity (Wildman–Crippen MR) is 91.8 cm³/mol. The molecule has 0 aliphatic rings. The van der Waals surface area contributed by atoms with Gasteiger partial charge in [-0.1, -0.05) is 34.1 Å². The van der Waals surface area contributed by atoms with Gasteiger partial charge in [0.1, 0.15) is 0 Å². The molecule has 1 amide bonds. The second-order valence-electron chi connectivity index (χ2n) is 4.84. The van der Waals surface area contributed by atoms with Gasteiger partial charge in [0.25, 0.3) is 0 Å². The summed E-state index contributed by atoms with van der Waals surface area (Å²) in [4.78, 5) is 14.2. The summed E-state index contributed by atoms with van der Waals surface area (Å²) in [5.41, 5.74) is 3.02. The molecule has 0 atom stereocenters. The third-order valence-electron chi connectivity index (χ3n) is 3.20. The standard InChI is InChI=1S/C17H19BrN2O/c1-3-20(16-9-4-6-13(2)10-16)17(21)12-19-15-8-5-7-14(18)11-15/h4-11,19H,3,12H2,1-2H3. The Kier molecular flexibility index (Phi) is 5.39. The van der Waals surface area contributed by atoms with Crippen LogP contribution in [0.2, 0.25) is 0 Å². The number of carbonyl (C=O) groups excluding carboxylic acids is 1. The van der Waals surface area contributed by atoms with Crippen molar-refractivity contribution in [2.24, 2.45) is 0 Å². The Labute approximate surface area is 134 Å². The Morgan fingerprint density at radius 1 is 1.19 bits per heavy atom. The molecule has 3 nitrogen and oxygen atoms in total. The van der Waals surface area contributed by atoms with Gasteiger partial charge >= 0.3 is 0 Å². The molecule has 0 spiro atoms. The lowest BCUT2D eigenvalue weighted by atomic mass is 10.2. The van der Waals surface area contributed by atoms with Crippen molar-refractivity contribution in [2.45, 2.75) is 13.8 Å². The Hall–Kier alpha value is -1.81. The van der Waals surface area contributed by atoms with Crippen LogP contribution in [0.1, 0.15) is 12.5 Å². The minimum atomic E-state index is 0.0584. The molecule has 0 heterocycles. The van der Waals surface area contributed by atoms with E-state index in [2.05, 4.69) is 21.2 Å². The van der Waals surface area contributed by atoms with Crippen molar-refractivity contribution in [1.29, 1.82) is 0 Å². The summed E-state index contributed by atoms with van der Waals surface area (Å²) in [6.07, 6.45) is 0. The first-order chi connectivity index (χ1) is 10.1. The van der Waals surface area contributed by atoms with Gasteiger partial charge in [0, 0.05) is 22.4 Å². The van der Waals surface area contributed by atoms with Gasteiger partial charge in [0.05, 0.1) is 6.54 Å². The topological polar surface area (TPSA) is 32.3 Å². The molecular formula is C17H19BrN2O. The van der Waals surface area contributed by atoms with Crippen LogP contribution in [0.3, 0.4) is 0 Å². The van der Waals surface area contributed by atoms with Crippen molar-refractivity contribution in [3.63, 3.8) is 0 Å². The van der Waals surface area contributed by atoms with E-state index in [4.69, 9.17) is 0 Å². The zero-order chi connectivity index (χ0) is 15.2. The van der Waals surface area contributed by atoms with Crippen molar-refractivity contribution in [2.75, 3.05) is 23.3 Å². The van der Waals surface area contributed by atoms with Gasteiger partial charge in [-0.3, -0.25) is 4.79 Å². The lowest BCUT2D eigenvalue weighted by Crippen LogP contribution is -2.35. The molecule has 0 unspecified atom stereocenters. The van der Waals surface area contributed by atoms with Crippen LogP contribution in [-0.4, -0.2) is 19.0 Å². The number of halogens is 1. The maximum atomic E-state index is 12.4. The maximum absolute atomic E-state index is 12.4. The highest BCUT2D eigenvalue weighted by Crippen LogP contribution is 2.17. The average molecular weight is 347 g/mol. The zero-order valence-electron chi connectivity index (χ0n) is 12.3. The average Bonchev–Trinajstić information content (AvgIpc) is 2.46. The fourth-order valence-corrected chi connectivity index (χ4v) is 2.57. The molecule has 1 N–H and O–H groups in total. The molecule has 0 bridgehead atoms. The molecular weight excluding hydrogens is 328 g/mol. The van der Waals surface area contributed by atoms with Crippen LogP contribution >= 0.6 is 15.9 Å². The van der Waals surface area contributed by atoms with E-state index in [1.165, 1.54) is 0 Å². The predicted octanol–water partition coefficient (Wildman–Crippen LogP) is 4.22. The highest BCUT2D eigenvalue weighted by molar-refractivity contribution is 9.10. The van der Waals surface area contributed by atoms with E-state index in [1.54, 1.807) is 4.90 Å². The molecule has 4 heteroatoms. The van der Waals surface area contributed by atoms with Gasteiger partial charge in [-0.25, -0.2) is 0 Å². The van der Waals surface area contributed by atoms with Crippen molar-refractivity contribution < 1.29 is 4.79 Å². The van der Waals surface area contributed by atoms with Crippen molar-refractivity contribution in [3.8, 4) is 0 Å². The lowest BCUT2D eigenvalue weighted by Gasteiger charge is -2.22. The van der Waals surface area contributed by atoms with Crippen molar-refractivity contribution >= 4 is 33.2 Å². The van der Waals surface area contributed by atoms with Crippen LogP contribution in [0.15, 0.2) is 53.0 Å². The van der Waals surface area contributed by atoms with Crippen LogP contribution in [-0.2, 0) is 4.79 Å². The summed E-state index contributed by atoms with van der Waals surface area (Å²) in [5, 5.41) is 3.16. The van der Waals surface area contributed by atoms with Crippen molar-refractivity contribution in [3.05, 3.63) is 58.6 Å². The van der Waals surface area contributed by atoms with Crippen LogP contribution in [0.4, 0.5) is 11.4 Å². The van der Waals surface area contributed by atoms with Crippen LogP contribution < -0.4 is 10.2 Å². The number of benzene rings is 2. The summed E-state index contributed by atoms with van der Waals surface area (Å²) in [7, 11) is 0. The Bertz CT molecular complexity index is 628. The van der Waals surface area contributed by atoms with Crippen molar-refractivity contribution in [1.82, 2.24) is 0 Å². The molecule has 21 heavy (non-hydrogen) atoms. The number of hydrogen-bond acceptors (Lipinski definition) is 2. The minimum absolute atomic E-state index is 0.0584. The van der Waals surface area contributed by atoms with Crippen LogP contribution in [0, 0.1) is 6.92 Å². The number of rotatable bonds is 5. The maximum Gasteiger partial charge on any atom is 0.246 e. The summed E-state index contributed by atoms with van der Waals surface area (Å²) in [6.45, 7) is 4.95. The van der Waals surface area contributed by atoms with E-state index in [9.17, 15) is 4.79 Å². The first-order valence-electron chi connectivity index (χ1n) is 6.96. The third-order valence-corrected chi connectivity index (χ3v) is 3.69. The highest BCUT2D eigenvalue weighted by atomic mass is 79.9. The monoisotopic (exact) mass is 346 g/mol. The molecule has 110 valence electrons. The first-order valence-corrected chi connectivity index (χ1v) is 7.76. The highest BCUT2D eigenvalue weighted by Gasteiger charge is 2.13. The molecule has 0 saturated carbocycles. The fraction of sp³-hybridized carbons (Fsp3) is 0.235. The van der Waals surface area contributed by atoms with Gasteiger partial charge in [-0.2, -0.15) is 0 Å². The summed E-state index contributed by atoms with van der Waals surface area (Å²) >= 11 is 3.42. The number of likely N-dealkylation sites (N-methyl/N-ethyl adjacent to an activating group) is 1. The largest absolute Gasteiger partial charge is 0.376 e. The number of hydrogen-bond donors (Lipinski definition) is 1. The quantitative estimate of drug-likeness (QED) is 0.878. The Balaban J connectivity index is 2.04. The zero-order valence-corrected chi connectivity index (χ0v) is 13.9. The summed E-state index contributed by atoms with van der Waals surface area (Å²) in [5.74, 6) is 0.0584. The first kappa shape index (κ1) is 15.6. The number of amides is 1. The van der Waals surface area contributed by atoms with Gasteiger partial charge in [-0.05, 0) is 49.7 Å². The van der Waals surface area contributed by atoms with E-state index in [0.29, 0.717) is 6.54 Å². The molecule has 2 aromatic rings. The van der Waals surface area contributed by atoms with Crippen LogP contribution in [0.5, 0.6) is 0 Å². The Morgan fingerprint density at radius 2 is 1.95 bits per heavy atom. The number of nitrogens with zero attached hydrogens (tertiary/aromatic N) is 1. The van der Waals surface area contributed by atoms with E-state index in [1.807, 2.05) is 62.4 Å². The lowest BCUT2D eigenvalue weighted by molar-refractivity contribution is -0.116. The SMILES string of the molecule is CCN(C(=O)CNc1cccc(Br)c1)c1cccc(C)c1. The summed E-state index contributed by atoms with van der Waals surface area (Å²) in [6, 6.07) is 15.8. The number of carbonyl (C=O) groups is 1. The van der Waals surface area contributed by atoms with Gasteiger partial charge in [0.15, 0.2) is 0 Å². The van der Waals surface area contributed by atoms with Gasteiger partial charge < -0.3 is 10.2 Å². The van der Waals surface area contributed by atoms with Crippen LogP contribution in [0.25, 0.3) is 0 Å². The summed E-state index contributed by atoms with van der Waals surface area (Å²) < 4.78 is 0.992. The van der Waals surface area contributed by atoms with E-state index >= 15 is 0 Å². The second kappa shape index (κ2) is 7.27. The van der Waals surface area contributed by atoms with E-state index < -0.39 is 0 Å². The van der Waals surface area contributed by atoms with E-state index in [0.717, 1.165) is 21.4 Å². The fourth-order valence-electron chi connectivity index (χ4n) is 2.17. The van der Waals surface area contributed by atoms with E-state index in [-0.39, 0.29) is 12.5 Å². The number of nitrogens with one attached hydrogen (secondary N) is 1. The normalized spacial score (nSPS) is 10.2. The molecule has 2 rings (SSSR count). The molecule has 0 fully saturated rings. The smallest absolute Gasteiger partial charge is 0.246 e. The van der Waals surface area contributed by atoms with Gasteiger partial charge in [0.2, 0.25) is 5.91 Å². The molecule has 0 aromatic heterocycles. The molecule has 0 aliphatic carbocycles.